The molecular formula is C17H15N3. The molecule has 2 unspecified atom stereocenters. The summed E-state index contributed by atoms with van der Waals surface area (Å²) in [4.78, 5) is 4.48. The second-order valence-electron chi connectivity index (χ2n) is 5.21. The van der Waals surface area contributed by atoms with E-state index in [4.69, 9.17) is 5.73 Å². The Morgan fingerprint density at radius 3 is 2.90 bits per heavy atom. The number of rotatable bonds is 1. The number of nitrogens with one attached hydrogen (secondary N) is 1. The lowest BCUT2D eigenvalue weighted by molar-refractivity contribution is 0.806. The molecule has 3 N–H and O–H groups in total. The molecule has 2 aliphatic rings. The molecule has 0 saturated heterocycles. The summed E-state index contributed by atoms with van der Waals surface area (Å²) in [6.45, 7) is 0. The average Bonchev–Trinajstić information content (AvgIpc) is 2.85. The van der Waals surface area contributed by atoms with Gasteiger partial charge in [0, 0.05) is 23.4 Å². The standard InChI is InChI=1S/C17H15N3/c18-12-5-3-4-11(10-12)13-8-9-19-17-16(13)14-6-1-2-7-15(14)20-17/h1-10,14-15H,18H2,(H,19,20). The highest BCUT2D eigenvalue weighted by atomic mass is 15.0. The van der Waals surface area contributed by atoms with Crippen molar-refractivity contribution in [2.24, 2.45) is 0 Å². The van der Waals surface area contributed by atoms with Crippen LogP contribution >= 0.6 is 0 Å². The van der Waals surface area contributed by atoms with E-state index in [-0.39, 0.29) is 0 Å². The van der Waals surface area contributed by atoms with E-state index in [0.29, 0.717) is 12.0 Å². The number of fused-ring (bicyclic) bond motifs is 3. The molecule has 0 saturated carbocycles. The highest BCUT2D eigenvalue weighted by Gasteiger charge is 2.32. The molecule has 1 aliphatic heterocycles. The number of nitrogen functional groups attached to an aromatic ring is 1. The van der Waals surface area contributed by atoms with Crippen molar-refractivity contribution in [2.75, 3.05) is 11.1 Å². The zero-order valence-electron chi connectivity index (χ0n) is 11.0. The van der Waals surface area contributed by atoms with Crippen LogP contribution < -0.4 is 11.1 Å². The summed E-state index contributed by atoms with van der Waals surface area (Å²) < 4.78 is 0. The fourth-order valence-corrected chi connectivity index (χ4v) is 3.06. The highest BCUT2D eigenvalue weighted by molar-refractivity contribution is 5.78. The number of pyridine rings is 1. The molecule has 0 fully saturated rings. The summed E-state index contributed by atoms with van der Waals surface area (Å²) in [5.74, 6) is 1.33. The van der Waals surface area contributed by atoms with E-state index in [1.165, 1.54) is 11.1 Å². The molecule has 1 aromatic carbocycles. The van der Waals surface area contributed by atoms with E-state index in [0.717, 1.165) is 17.1 Å². The Bertz CT molecular complexity index is 731. The van der Waals surface area contributed by atoms with Crippen molar-refractivity contribution in [2.45, 2.75) is 12.0 Å². The van der Waals surface area contributed by atoms with E-state index in [1.807, 2.05) is 24.4 Å². The van der Waals surface area contributed by atoms with Crippen molar-refractivity contribution >= 4 is 11.5 Å². The Morgan fingerprint density at radius 2 is 2.00 bits per heavy atom. The van der Waals surface area contributed by atoms with Crippen LogP contribution in [0.25, 0.3) is 11.1 Å². The van der Waals surface area contributed by atoms with Gasteiger partial charge in [-0.05, 0) is 29.3 Å². The lowest BCUT2D eigenvalue weighted by Crippen LogP contribution is -2.17. The first-order valence-electron chi connectivity index (χ1n) is 6.79. The van der Waals surface area contributed by atoms with E-state index >= 15 is 0 Å². The Hall–Kier alpha value is -2.55. The van der Waals surface area contributed by atoms with Crippen molar-refractivity contribution in [3.63, 3.8) is 0 Å². The van der Waals surface area contributed by atoms with Gasteiger partial charge in [-0.1, -0.05) is 36.4 Å². The van der Waals surface area contributed by atoms with Gasteiger partial charge in [-0.2, -0.15) is 0 Å². The zero-order chi connectivity index (χ0) is 13.5. The smallest absolute Gasteiger partial charge is 0.130 e. The predicted octanol–water partition coefficient (Wildman–Crippen LogP) is 3.33. The lowest BCUT2D eigenvalue weighted by Gasteiger charge is -2.17. The fraction of sp³-hybridized carbons (Fsp3) is 0.118. The largest absolute Gasteiger partial charge is 0.399 e. The second-order valence-corrected chi connectivity index (χ2v) is 5.21. The van der Waals surface area contributed by atoms with Crippen LogP contribution in [0.2, 0.25) is 0 Å². The molecule has 0 radical (unpaired) electrons. The predicted molar refractivity (Wildman–Crippen MR) is 82.5 cm³/mol. The van der Waals surface area contributed by atoms with Crippen LogP contribution in [0.5, 0.6) is 0 Å². The van der Waals surface area contributed by atoms with Crippen molar-refractivity contribution in [3.8, 4) is 11.1 Å². The minimum absolute atomic E-state index is 0.310. The molecule has 0 spiro atoms. The Balaban J connectivity index is 1.90. The van der Waals surface area contributed by atoms with Gasteiger partial charge >= 0.3 is 0 Å². The molecule has 2 atom stereocenters. The monoisotopic (exact) mass is 261 g/mol. The van der Waals surface area contributed by atoms with Crippen LogP contribution in [-0.4, -0.2) is 11.0 Å². The first kappa shape index (κ1) is 11.3. The summed E-state index contributed by atoms with van der Waals surface area (Å²) in [7, 11) is 0. The third-order valence-electron chi connectivity index (χ3n) is 3.96. The molecule has 1 aliphatic carbocycles. The normalized spacial score (nSPS) is 22.2. The SMILES string of the molecule is Nc1cccc(-c2ccnc3c2C2C=CC=CC2N3)c1. The van der Waals surface area contributed by atoms with Crippen LogP contribution in [0.4, 0.5) is 11.5 Å². The third kappa shape index (κ3) is 1.63. The molecule has 0 bridgehead atoms. The van der Waals surface area contributed by atoms with Gasteiger partial charge in [0.05, 0.1) is 6.04 Å². The highest BCUT2D eigenvalue weighted by Crippen LogP contribution is 2.43. The van der Waals surface area contributed by atoms with Crippen molar-refractivity contribution < 1.29 is 0 Å². The number of allylic oxidation sites excluding steroid dienone is 2. The van der Waals surface area contributed by atoms with Gasteiger partial charge in [-0.15, -0.1) is 0 Å². The fourth-order valence-electron chi connectivity index (χ4n) is 3.06. The quantitative estimate of drug-likeness (QED) is 0.774. The van der Waals surface area contributed by atoms with Gasteiger partial charge in [0.15, 0.2) is 0 Å². The van der Waals surface area contributed by atoms with Crippen LogP contribution in [-0.2, 0) is 0 Å². The number of anilines is 2. The number of benzene rings is 1. The van der Waals surface area contributed by atoms with Crippen LogP contribution in [0, 0.1) is 0 Å². The van der Waals surface area contributed by atoms with Crippen molar-refractivity contribution in [1.82, 2.24) is 4.98 Å². The first-order valence-corrected chi connectivity index (χ1v) is 6.79. The third-order valence-corrected chi connectivity index (χ3v) is 3.96. The molecule has 0 amide bonds. The van der Waals surface area contributed by atoms with Gasteiger partial charge in [0.1, 0.15) is 5.82 Å². The maximum atomic E-state index is 5.92. The van der Waals surface area contributed by atoms with Crippen LogP contribution in [0.15, 0.2) is 60.8 Å². The molecule has 3 heteroatoms. The van der Waals surface area contributed by atoms with Gasteiger partial charge in [-0.3, -0.25) is 0 Å². The maximum Gasteiger partial charge on any atom is 0.130 e. The molecule has 1 aromatic heterocycles. The van der Waals surface area contributed by atoms with Gasteiger partial charge in [0.25, 0.3) is 0 Å². The summed E-state index contributed by atoms with van der Waals surface area (Å²) in [5, 5.41) is 3.48. The number of aromatic nitrogens is 1. The number of nitrogens with zero attached hydrogens (tertiary/aromatic N) is 1. The minimum atomic E-state index is 0.310. The van der Waals surface area contributed by atoms with Crippen LogP contribution in [0.1, 0.15) is 11.5 Å². The van der Waals surface area contributed by atoms with E-state index in [9.17, 15) is 0 Å². The molecule has 2 heterocycles. The van der Waals surface area contributed by atoms with Crippen molar-refractivity contribution in [1.29, 1.82) is 0 Å². The topological polar surface area (TPSA) is 50.9 Å². The molecule has 20 heavy (non-hydrogen) atoms. The summed E-state index contributed by atoms with van der Waals surface area (Å²) in [5.41, 5.74) is 10.3. The van der Waals surface area contributed by atoms with Gasteiger partial charge < -0.3 is 11.1 Å². The second kappa shape index (κ2) is 4.23. The number of nitrogens with two attached hydrogens (primary N) is 1. The summed E-state index contributed by atoms with van der Waals surface area (Å²) >= 11 is 0. The molecule has 3 nitrogen and oxygen atoms in total. The van der Waals surface area contributed by atoms with E-state index < -0.39 is 0 Å². The molecular weight excluding hydrogens is 246 g/mol. The van der Waals surface area contributed by atoms with E-state index in [2.05, 4.69) is 46.7 Å². The zero-order valence-corrected chi connectivity index (χ0v) is 11.0. The summed E-state index contributed by atoms with van der Waals surface area (Å²) in [6, 6.07) is 10.4. The number of hydrogen-bond donors (Lipinski definition) is 2. The lowest BCUT2D eigenvalue weighted by atomic mass is 9.87. The first-order chi connectivity index (χ1) is 9.83. The molecule has 4 rings (SSSR count). The number of hydrogen-bond acceptors (Lipinski definition) is 3. The van der Waals surface area contributed by atoms with Gasteiger partial charge in [0.2, 0.25) is 0 Å². The molecule has 2 aromatic rings. The summed E-state index contributed by atoms with van der Waals surface area (Å²) in [6.07, 6.45) is 10.5. The maximum absolute atomic E-state index is 5.92. The van der Waals surface area contributed by atoms with Crippen LogP contribution in [0.3, 0.4) is 0 Å². The average molecular weight is 261 g/mol. The Labute approximate surface area is 117 Å². The van der Waals surface area contributed by atoms with Gasteiger partial charge in [-0.25, -0.2) is 4.98 Å². The Kier molecular flexibility index (Phi) is 2.39. The van der Waals surface area contributed by atoms with Crippen molar-refractivity contribution in [3.05, 3.63) is 66.4 Å². The molecule has 98 valence electrons. The Morgan fingerprint density at radius 1 is 1.10 bits per heavy atom. The van der Waals surface area contributed by atoms with E-state index in [1.54, 1.807) is 0 Å². The minimum Gasteiger partial charge on any atom is -0.399 e.